The standard InChI is InChI=1S/C21H31N3O4S/c1-4-28-21(27)17-15-6-5-12(2)11-16(15)29-20(17)23-19(26)13(3)24-9-7-14(8-10-24)18(22)25/h12-14H,4-11H2,1-3H3,(H2,22,25)(H,23,26)/t12-,13-/m0/s1. The lowest BCUT2D eigenvalue weighted by atomic mass is 9.88. The van der Waals surface area contributed by atoms with Crippen LogP contribution in [0.2, 0.25) is 0 Å². The third kappa shape index (κ3) is 4.80. The van der Waals surface area contributed by atoms with Gasteiger partial charge in [0.05, 0.1) is 18.2 Å². The van der Waals surface area contributed by atoms with Gasteiger partial charge in [-0.15, -0.1) is 11.3 Å². The highest BCUT2D eigenvalue weighted by atomic mass is 32.1. The fraction of sp³-hybridized carbons (Fsp3) is 0.667. The molecule has 1 aliphatic heterocycles. The minimum atomic E-state index is -0.357. The number of likely N-dealkylation sites (tertiary alicyclic amines) is 1. The molecule has 0 unspecified atom stereocenters. The van der Waals surface area contributed by atoms with Crippen LogP contribution in [-0.2, 0) is 27.2 Å². The first-order valence-corrected chi connectivity index (χ1v) is 11.3. The van der Waals surface area contributed by atoms with Crippen LogP contribution in [-0.4, -0.2) is 48.4 Å². The lowest BCUT2D eigenvalue weighted by molar-refractivity contribution is -0.124. The number of ether oxygens (including phenoxy) is 1. The Morgan fingerprint density at radius 1 is 1.28 bits per heavy atom. The Hall–Kier alpha value is -1.93. The van der Waals surface area contributed by atoms with Crippen molar-refractivity contribution in [3.05, 3.63) is 16.0 Å². The largest absolute Gasteiger partial charge is 0.462 e. The monoisotopic (exact) mass is 421 g/mol. The molecule has 1 aliphatic carbocycles. The second kappa shape index (κ2) is 9.26. The van der Waals surface area contributed by atoms with E-state index in [-0.39, 0.29) is 29.7 Å². The first-order chi connectivity index (χ1) is 13.8. The van der Waals surface area contributed by atoms with Crippen LogP contribution in [0, 0.1) is 11.8 Å². The topological polar surface area (TPSA) is 102 Å². The Balaban J connectivity index is 1.74. The summed E-state index contributed by atoms with van der Waals surface area (Å²) in [6.45, 7) is 7.48. The van der Waals surface area contributed by atoms with Crippen LogP contribution in [0.5, 0.6) is 0 Å². The van der Waals surface area contributed by atoms with E-state index < -0.39 is 0 Å². The number of hydrogen-bond donors (Lipinski definition) is 2. The number of carbonyl (C=O) groups is 3. The molecule has 8 heteroatoms. The summed E-state index contributed by atoms with van der Waals surface area (Å²) < 4.78 is 5.27. The van der Waals surface area contributed by atoms with Crippen LogP contribution in [0.25, 0.3) is 0 Å². The molecule has 1 fully saturated rings. The van der Waals surface area contributed by atoms with Crippen molar-refractivity contribution in [1.29, 1.82) is 0 Å². The Morgan fingerprint density at radius 3 is 2.59 bits per heavy atom. The van der Waals surface area contributed by atoms with Gasteiger partial charge in [0.2, 0.25) is 11.8 Å². The summed E-state index contributed by atoms with van der Waals surface area (Å²) >= 11 is 1.50. The zero-order valence-corrected chi connectivity index (χ0v) is 18.3. The average molecular weight is 422 g/mol. The Kier molecular flexibility index (Phi) is 6.95. The van der Waals surface area contributed by atoms with Crippen LogP contribution >= 0.6 is 11.3 Å². The number of fused-ring (bicyclic) bond motifs is 1. The maximum atomic E-state index is 12.9. The molecule has 2 aliphatic rings. The van der Waals surface area contributed by atoms with Crippen LogP contribution in [0.1, 0.15) is 60.8 Å². The zero-order valence-electron chi connectivity index (χ0n) is 17.5. The molecular weight excluding hydrogens is 390 g/mol. The molecule has 160 valence electrons. The van der Waals surface area contributed by atoms with Gasteiger partial charge in [-0.1, -0.05) is 6.92 Å². The molecule has 0 radical (unpaired) electrons. The molecule has 0 spiro atoms. The summed E-state index contributed by atoms with van der Waals surface area (Å²) in [5, 5.41) is 3.60. The lowest BCUT2D eigenvalue weighted by Crippen LogP contribution is -2.47. The smallest absolute Gasteiger partial charge is 0.341 e. The number of amides is 2. The number of carbonyl (C=O) groups excluding carboxylic acids is 3. The van der Waals surface area contributed by atoms with E-state index in [2.05, 4.69) is 17.1 Å². The fourth-order valence-corrected chi connectivity index (χ4v) is 5.61. The van der Waals surface area contributed by atoms with E-state index in [0.717, 1.165) is 24.8 Å². The SMILES string of the molecule is CCOC(=O)c1c(NC(=O)[C@H](C)N2CCC(C(N)=O)CC2)sc2c1CC[C@H](C)C2. The Morgan fingerprint density at radius 2 is 1.97 bits per heavy atom. The minimum Gasteiger partial charge on any atom is -0.462 e. The Bertz CT molecular complexity index is 783. The van der Waals surface area contributed by atoms with Gasteiger partial charge in [-0.25, -0.2) is 4.79 Å². The summed E-state index contributed by atoms with van der Waals surface area (Å²) in [6.07, 6.45) is 4.15. The zero-order chi connectivity index (χ0) is 21.1. The van der Waals surface area contributed by atoms with Crippen molar-refractivity contribution in [2.45, 2.75) is 58.9 Å². The lowest BCUT2D eigenvalue weighted by Gasteiger charge is -2.34. The molecule has 0 bridgehead atoms. The van der Waals surface area contributed by atoms with E-state index in [4.69, 9.17) is 10.5 Å². The number of hydrogen-bond acceptors (Lipinski definition) is 6. The number of piperidine rings is 1. The molecule has 2 amide bonds. The highest BCUT2D eigenvalue weighted by molar-refractivity contribution is 7.17. The van der Waals surface area contributed by atoms with Crippen molar-refractivity contribution in [2.75, 3.05) is 25.0 Å². The van der Waals surface area contributed by atoms with E-state index >= 15 is 0 Å². The molecule has 1 aromatic rings. The van der Waals surface area contributed by atoms with Crippen molar-refractivity contribution in [1.82, 2.24) is 4.90 Å². The number of rotatable bonds is 6. The molecule has 29 heavy (non-hydrogen) atoms. The van der Waals surface area contributed by atoms with Crippen LogP contribution in [0.4, 0.5) is 5.00 Å². The molecule has 2 atom stereocenters. The maximum Gasteiger partial charge on any atom is 0.341 e. The van der Waals surface area contributed by atoms with Gasteiger partial charge >= 0.3 is 5.97 Å². The molecular formula is C21H31N3O4S. The summed E-state index contributed by atoms with van der Waals surface area (Å²) in [6, 6.07) is -0.350. The van der Waals surface area contributed by atoms with E-state index in [0.29, 0.717) is 49.0 Å². The quantitative estimate of drug-likeness (QED) is 0.688. The first-order valence-electron chi connectivity index (χ1n) is 10.5. The number of nitrogens with zero attached hydrogens (tertiary/aromatic N) is 1. The number of thiophene rings is 1. The fourth-order valence-electron chi connectivity index (χ4n) is 4.21. The van der Waals surface area contributed by atoms with E-state index in [9.17, 15) is 14.4 Å². The molecule has 1 saturated heterocycles. The number of nitrogens with one attached hydrogen (secondary N) is 1. The first kappa shape index (κ1) is 21.8. The van der Waals surface area contributed by atoms with E-state index in [1.165, 1.54) is 16.2 Å². The van der Waals surface area contributed by atoms with Crippen molar-refractivity contribution in [3.63, 3.8) is 0 Å². The van der Waals surface area contributed by atoms with Crippen molar-refractivity contribution >= 4 is 34.1 Å². The van der Waals surface area contributed by atoms with Gasteiger partial charge in [-0.05, 0) is 70.5 Å². The van der Waals surface area contributed by atoms with Gasteiger partial charge in [-0.2, -0.15) is 0 Å². The molecule has 7 nitrogen and oxygen atoms in total. The number of anilines is 1. The summed E-state index contributed by atoms with van der Waals surface area (Å²) in [4.78, 5) is 40.2. The van der Waals surface area contributed by atoms with Crippen molar-refractivity contribution in [3.8, 4) is 0 Å². The molecule has 0 aromatic carbocycles. The van der Waals surface area contributed by atoms with Crippen molar-refractivity contribution < 1.29 is 19.1 Å². The highest BCUT2D eigenvalue weighted by Gasteiger charge is 2.32. The van der Waals surface area contributed by atoms with Gasteiger partial charge in [0, 0.05) is 10.8 Å². The van der Waals surface area contributed by atoms with Crippen LogP contribution < -0.4 is 11.1 Å². The van der Waals surface area contributed by atoms with Gasteiger partial charge in [0.15, 0.2) is 0 Å². The predicted molar refractivity (Wildman–Crippen MR) is 113 cm³/mol. The molecule has 3 rings (SSSR count). The van der Waals surface area contributed by atoms with Gasteiger partial charge < -0.3 is 15.8 Å². The minimum absolute atomic E-state index is 0.108. The second-order valence-electron chi connectivity index (χ2n) is 8.15. The van der Waals surface area contributed by atoms with Gasteiger partial charge in [0.1, 0.15) is 5.00 Å². The summed E-state index contributed by atoms with van der Waals surface area (Å²) in [5.74, 6) is -0.295. The normalized spacial score (nSPS) is 21.3. The molecule has 3 N–H and O–H groups in total. The summed E-state index contributed by atoms with van der Waals surface area (Å²) in [5.41, 5.74) is 6.97. The average Bonchev–Trinajstić information content (AvgIpc) is 3.04. The van der Waals surface area contributed by atoms with Gasteiger partial charge in [0.25, 0.3) is 0 Å². The summed E-state index contributed by atoms with van der Waals surface area (Å²) in [7, 11) is 0. The highest BCUT2D eigenvalue weighted by Crippen LogP contribution is 2.40. The maximum absolute atomic E-state index is 12.9. The van der Waals surface area contributed by atoms with Crippen LogP contribution in [0.3, 0.4) is 0 Å². The number of nitrogens with two attached hydrogens (primary N) is 1. The molecule has 0 saturated carbocycles. The number of esters is 1. The van der Waals surface area contributed by atoms with E-state index in [1.54, 1.807) is 6.92 Å². The third-order valence-corrected chi connectivity index (χ3v) is 7.26. The predicted octanol–water partition coefficient (Wildman–Crippen LogP) is 2.57. The van der Waals surface area contributed by atoms with Gasteiger partial charge in [-0.3, -0.25) is 14.5 Å². The van der Waals surface area contributed by atoms with Crippen LogP contribution in [0.15, 0.2) is 0 Å². The Labute approximate surface area is 176 Å². The molecule has 1 aromatic heterocycles. The van der Waals surface area contributed by atoms with Crippen molar-refractivity contribution in [2.24, 2.45) is 17.6 Å². The second-order valence-corrected chi connectivity index (χ2v) is 9.26. The third-order valence-electron chi connectivity index (χ3n) is 6.09. The molecule has 2 heterocycles. The number of primary amides is 1. The van der Waals surface area contributed by atoms with E-state index in [1.807, 2.05) is 6.92 Å².